The van der Waals surface area contributed by atoms with Gasteiger partial charge in [0.2, 0.25) is 0 Å². The van der Waals surface area contributed by atoms with Crippen molar-refractivity contribution in [2.45, 2.75) is 13.5 Å². The van der Waals surface area contributed by atoms with Gasteiger partial charge in [0.1, 0.15) is 11.6 Å². The van der Waals surface area contributed by atoms with Crippen LogP contribution in [-0.2, 0) is 6.54 Å². The summed E-state index contributed by atoms with van der Waals surface area (Å²) < 4.78 is 26.1. The number of carbonyl (C=O) groups is 1. The zero-order valence-electron chi connectivity index (χ0n) is 10.4. The lowest BCUT2D eigenvalue weighted by Gasteiger charge is -2.07. The fraction of sp³-hybridized carbons (Fsp3) is 0.133. The van der Waals surface area contributed by atoms with Crippen molar-refractivity contribution >= 4 is 5.91 Å². The van der Waals surface area contributed by atoms with E-state index in [1.807, 2.05) is 31.2 Å². The van der Waals surface area contributed by atoms with Crippen molar-refractivity contribution in [3.05, 3.63) is 70.8 Å². The van der Waals surface area contributed by atoms with Gasteiger partial charge in [0, 0.05) is 12.6 Å². The molecule has 0 aromatic heterocycles. The van der Waals surface area contributed by atoms with Crippen molar-refractivity contribution < 1.29 is 13.6 Å². The molecule has 0 saturated heterocycles. The molecule has 0 aliphatic heterocycles. The zero-order valence-corrected chi connectivity index (χ0v) is 10.4. The molecule has 0 radical (unpaired) electrons. The number of rotatable bonds is 3. The van der Waals surface area contributed by atoms with E-state index in [9.17, 15) is 13.6 Å². The maximum atomic E-state index is 13.4. The average Bonchev–Trinajstić information content (AvgIpc) is 2.36. The molecule has 0 fully saturated rings. The molecule has 0 heterocycles. The average molecular weight is 261 g/mol. The first-order valence-corrected chi connectivity index (χ1v) is 5.85. The van der Waals surface area contributed by atoms with Crippen molar-refractivity contribution in [1.82, 2.24) is 5.32 Å². The number of nitrogens with one attached hydrogen (secondary N) is 1. The van der Waals surface area contributed by atoms with Crippen molar-refractivity contribution in [2.24, 2.45) is 0 Å². The molecule has 0 atom stereocenters. The summed E-state index contributed by atoms with van der Waals surface area (Å²) in [6.07, 6.45) is 0. The Labute approximate surface area is 110 Å². The van der Waals surface area contributed by atoms with Gasteiger partial charge in [0.15, 0.2) is 0 Å². The highest BCUT2D eigenvalue weighted by atomic mass is 19.1. The third-order valence-corrected chi connectivity index (χ3v) is 2.71. The predicted molar refractivity (Wildman–Crippen MR) is 68.7 cm³/mol. The van der Waals surface area contributed by atoms with Crippen LogP contribution in [0.25, 0.3) is 0 Å². The summed E-state index contributed by atoms with van der Waals surface area (Å²) in [5.41, 5.74) is 1.85. The second-order valence-corrected chi connectivity index (χ2v) is 4.30. The minimum absolute atomic E-state index is 0.158. The highest BCUT2D eigenvalue weighted by molar-refractivity contribution is 5.94. The van der Waals surface area contributed by atoms with Crippen LogP contribution in [0.4, 0.5) is 8.78 Å². The Kier molecular flexibility index (Phi) is 3.90. The molecule has 0 aliphatic carbocycles. The van der Waals surface area contributed by atoms with E-state index in [0.717, 1.165) is 23.3 Å². The number of aryl methyl sites for hydroxylation is 1. The van der Waals surface area contributed by atoms with Gasteiger partial charge in [0.05, 0.1) is 5.56 Å². The van der Waals surface area contributed by atoms with E-state index in [2.05, 4.69) is 5.32 Å². The maximum Gasteiger partial charge on any atom is 0.254 e. The first-order valence-electron chi connectivity index (χ1n) is 5.85. The minimum Gasteiger partial charge on any atom is -0.348 e. The van der Waals surface area contributed by atoms with Crippen molar-refractivity contribution in [2.75, 3.05) is 0 Å². The molecule has 2 rings (SSSR count). The maximum absolute atomic E-state index is 13.4. The van der Waals surface area contributed by atoms with Crippen LogP contribution in [0, 0.1) is 18.6 Å². The van der Waals surface area contributed by atoms with Crippen LogP contribution in [0.2, 0.25) is 0 Å². The van der Waals surface area contributed by atoms with Gasteiger partial charge in [-0.25, -0.2) is 8.78 Å². The van der Waals surface area contributed by atoms with Gasteiger partial charge in [0.25, 0.3) is 5.91 Å². The van der Waals surface area contributed by atoms with Crippen LogP contribution in [0.15, 0.2) is 42.5 Å². The van der Waals surface area contributed by atoms with E-state index in [-0.39, 0.29) is 5.56 Å². The molecule has 0 aliphatic rings. The van der Waals surface area contributed by atoms with Crippen LogP contribution in [-0.4, -0.2) is 5.91 Å². The molecule has 0 saturated carbocycles. The summed E-state index contributed by atoms with van der Waals surface area (Å²) in [6.45, 7) is 2.25. The van der Waals surface area contributed by atoms with Crippen LogP contribution in [0.1, 0.15) is 21.5 Å². The van der Waals surface area contributed by atoms with Crippen LogP contribution in [0.5, 0.6) is 0 Å². The van der Waals surface area contributed by atoms with Crippen molar-refractivity contribution in [3.8, 4) is 0 Å². The molecule has 2 nitrogen and oxygen atoms in total. The second kappa shape index (κ2) is 5.61. The lowest BCUT2D eigenvalue weighted by atomic mass is 10.1. The van der Waals surface area contributed by atoms with Gasteiger partial charge < -0.3 is 5.32 Å². The summed E-state index contributed by atoms with van der Waals surface area (Å²) in [5.74, 6) is -2.12. The highest BCUT2D eigenvalue weighted by Crippen LogP contribution is 2.10. The summed E-state index contributed by atoms with van der Waals surface area (Å²) in [5, 5.41) is 2.60. The lowest BCUT2D eigenvalue weighted by Crippen LogP contribution is -2.23. The Morgan fingerprint density at radius 1 is 1.16 bits per heavy atom. The molecule has 1 amide bonds. The van der Waals surface area contributed by atoms with Gasteiger partial charge >= 0.3 is 0 Å². The van der Waals surface area contributed by atoms with E-state index in [0.29, 0.717) is 12.6 Å². The van der Waals surface area contributed by atoms with E-state index >= 15 is 0 Å². The Bertz CT molecular complexity index is 611. The molecule has 2 aromatic carbocycles. The van der Waals surface area contributed by atoms with E-state index in [1.54, 1.807) is 0 Å². The topological polar surface area (TPSA) is 29.1 Å². The molecular formula is C15H13F2NO. The minimum atomic E-state index is -0.859. The molecule has 4 heteroatoms. The van der Waals surface area contributed by atoms with Crippen LogP contribution < -0.4 is 5.32 Å². The Morgan fingerprint density at radius 3 is 2.63 bits per heavy atom. The molecule has 1 N–H and O–H groups in total. The molecule has 2 aromatic rings. The summed E-state index contributed by atoms with van der Waals surface area (Å²) in [7, 11) is 0. The van der Waals surface area contributed by atoms with E-state index in [1.165, 1.54) is 0 Å². The summed E-state index contributed by atoms with van der Waals surface area (Å²) in [6, 6.07) is 10.5. The normalized spacial score (nSPS) is 10.3. The van der Waals surface area contributed by atoms with Gasteiger partial charge in [-0.05, 0) is 24.6 Å². The summed E-state index contributed by atoms with van der Waals surface area (Å²) >= 11 is 0. The monoisotopic (exact) mass is 261 g/mol. The third-order valence-electron chi connectivity index (χ3n) is 2.71. The van der Waals surface area contributed by atoms with Crippen molar-refractivity contribution in [1.29, 1.82) is 0 Å². The standard InChI is InChI=1S/C15H13F2NO/c1-10-3-2-4-11(7-10)9-18-15(19)13-6-5-12(16)8-14(13)17/h2-8H,9H2,1H3,(H,18,19). The quantitative estimate of drug-likeness (QED) is 0.903. The Balaban J connectivity index is 2.05. The molecule has 0 bridgehead atoms. The lowest BCUT2D eigenvalue weighted by molar-refractivity contribution is 0.0947. The molecule has 0 spiro atoms. The number of benzene rings is 2. The molecule has 19 heavy (non-hydrogen) atoms. The van der Waals surface area contributed by atoms with Gasteiger partial charge in [-0.1, -0.05) is 29.8 Å². The van der Waals surface area contributed by atoms with Crippen LogP contribution in [0.3, 0.4) is 0 Å². The first-order chi connectivity index (χ1) is 9.06. The number of hydrogen-bond acceptors (Lipinski definition) is 1. The molecule has 0 unspecified atom stereocenters. The Morgan fingerprint density at radius 2 is 1.95 bits per heavy atom. The Hall–Kier alpha value is -2.23. The number of amides is 1. The first kappa shape index (κ1) is 13.2. The molecular weight excluding hydrogens is 248 g/mol. The fourth-order valence-corrected chi connectivity index (χ4v) is 1.77. The summed E-state index contributed by atoms with van der Waals surface area (Å²) in [4.78, 5) is 11.8. The highest BCUT2D eigenvalue weighted by Gasteiger charge is 2.11. The smallest absolute Gasteiger partial charge is 0.254 e. The van der Waals surface area contributed by atoms with Crippen molar-refractivity contribution in [3.63, 3.8) is 0 Å². The SMILES string of the molecule is Cc1cccc(CNC(=O)c2ccc(F)cc2F)c1. The van der Waals surface area contributed by atoms with E-state index in [4.69, 9.17) is 0 Å². The van der Waals surface area contributed by atoms with E-state index < -0.39 is 17.5 Å². The van der Waals surface area contributed by atoms with Gasteiger partial charge in [-0.15, -0.1) is 0 Å². The number of hydrogen-bond donors (Lipinski definition) is 1. The van der Waals surface area contributed by atoms with Gasteiger partial charge in [-0.2, -0.15) is 0 Å². The molecule has 98 valence electrons. The number of halogens is 2. The fourth-order valence-electron chi connectivity index (χ4n) is 1.77. The van der Waals surface area contributed by atoms with Gasteiger partial charge in [-0.3, -0.25) is 4.79 Å². The predicted octanol–water partition coefficient (Wildman–Crippen LogP) is 3.20. The largest absolute Gasteiger partial charge is 0.348 e. The zero-order chi connectivity index (χ0) is 13.8. The third kappa shape index (κ3) is 3.37. The van der Waals surface area contributed by atoms with Crippen LogP contribution >= 0.6 is 0 Å². The number of carbonyl (C=O) groups excluding carboxylic acids is 1. The second-order valence-electron chi connectivity index (χ2n) is 4.30.